The molecule has 1 unspecified atom stereocenters. The molecule has 0 saturated carbocycles. The average molecular weight is 290 g/mol. The molecule has 2 rings (SSSR count). The molecular weight excluding hydrogens is 264 g/mol. The quantitative estimate of drug-likeness (QED) is 0.873. The minimum Gasteiger partial charge on any atom is -0.369 e. The predicted octanol–water partition coefficient (Wildman–Crippen LogP) is 2.19. The van der Waals surface area contributed by atoms with E-state index in [4.69, 9.17) is 4.74 Å². The smallest absolute Gasteiger partial charge is 0.246 e. The van der Waals surface area contributed by atoms with Gasteiger partial charge in [-0.3, -0.25) is 9.69 Å². The second kappa shape index (κ2) is 8.15. The third kappa shape index (κ3) is 5.86. The summed E-state index contributed by atoms with van der Waals surface area (Å²) in [5.41, 5.74) is 1.33. The maximum Gasteiger partial charge on any atom is 0.246 e. The first-order chi connectivity index (χ1) is 10.1. The number of benzene rings is 1. The predicted molar refractivity (Wildman–Crippen MR) is 84.0 cm³/mol. The molecule has 4 heteroatoms. The third-order valence-corrected chi connectivity index (χ3v) is 3.67. The van der Waals surface area contributed by atoms with Crippen molar-refractivity contribution >= 4 is 5.91 Å². The molecule has 1 aromatic carbocycles. The van der Waals surface area contributed by atoms with Gasteiger partial charge in [0, 0.05) is 19.1 Å². The molecule has 4 nitrogen and oxygen atoms in total. The molecule has 0 bridgehead atoms. The van der Waals surface area contributed by atoms with Gasteiger partial charge in [0.15, 0.2) is 0 Å². The SMILES string of the molecule is CC(C)OCC(=O)NC1CCCN(Cc2ccccc2)C1. The maximum atomic E-state index is 11.8. The number of hydrogen-bond donors (Lipinski definition) is 1. The second-order valence-corrected chi connectivity index (χ2v) is 5.99. The Morgan fingerprint density at radius 3 is 2.86 bits per heavy atom. The van der Waals surface area contributed by atoms with Gasteiger partial charge in [0.05, 0.1) is 6.10 Å². The molecule has 1 aliphatic rings. The Bertz CT molecular complexity index is 434. The zero-order chi connectivity index (χ0) is 15.1. The number of piperidine rings is 1. The van der Waals surface area contributed by atoms with E-state index in [1.807, 2.05) is 19.9 Å². The van der Waals surface area contributed by atoms with Gasteiger partial charge in [0.25, 0.3) is 0 Å². The highest BCUT2D eigenvalue weighted by Gasteiger charge is 2.21. The van der Waals surface area contributed by atoms with Crippen LogP contribution in [0.3, 0.4) is 0 Å². The molecule has 0 aliphatic carbocycles. The number of nitrogens with zero attached hydrogens (tertiary/aromatic N) is 1. The molecule has 1 aromatic rings. The Morgan fingerprint density at radius 2 is 2.14 bits per heavy atom. The van der Waals surface area contributed by atoms with E-state index in [1.165, 1.54) is 5.56 Å². The molecule has 0 aromatic heterocycles. The van der Waals surface area contributed by atoms with Crippen molar-refractivity contribution in [2.24, 2.45) is 0 Å². The highest BCUT2D eigenvalue weighted by atomic mass is 16.5. The molecule has 1 aliphatic heterocycles. The van der Waals surface area contributed by atoms with Crippen LogP contribution in [0.1, 0.15) is 32.3 Å². The van der Waals surface area contributed by atoms with Crippen LogP contribution >= 0.6 is 0 Å². The lowest BCUT2D eigenvalue weighted by atomic mass is 10.0. The monoisotopic (exact) mass is 290 g/mol. The summed E-state index contributed by atoms with van der Waals surface area (Å²) in [6.45, 7) is 7.01. The van der Waals surface area contributed by atoms with Crippen LogP contribution in [0.2, 0.25) is 0 Å². The molecule has 1 N–H and O–H groups in total. The minimum absolute atomic E-state index is 0.00439. The molecular formula is C17H26N2O2. The van der Waals surface area contributed by atoms with Gasteiger partial charge in [-0.25, -0.2) is 0 Å². The van der Waals surface area contributed by atoms with E-state index in [0.29, 0.717) is 0 Å². The van der Waals surface area contributed by atoms with Crippen molar-refractivity contribution in [1.29, 1.82) is 0 Å². The standard InChI is InChI=1S/C17H26N2O2/c1-14(2)21-13-17(20)18-16-9-6-10-19(12-16)11-15-7-4-3-5-8-15/h3-5,7-8,14,16H,6,9-13H2,1-2H3,(H,18,20). The topological polar surface area (TPSA) is 41.6 Å². The third-order valence-electron chi connectivity index (χ3n) is 3.67. The molecule has 0 radical (unpaired) electrons. The number of carbonyl (C=O) groups excluding carboxylic acids is 1. The van der Waals surface area contributed by atoms with E-state index in [9.17, 15) is 4.79 Å². The number of amides is 1. The van der Waals surface area contributed by atoms with Crippen LogP contribution in [0.25, 0.3) is 0 Å². The van der Waals surface area contributed by atoms with Crippen molar-refractivity contribution in [1.82, 2.24) is 10.2 Å². The number of carbonyl (C=O) groups is 1. The maximum absolute atomic E-state index is 11.8. The summed E-state index contributed by atoms with van der Waals surface area (Å²) in [4.78, 5) is 14.2. The fraction of sp³-hybridized carbons (Fsp3) is 0.588. The van der Waals surface area contributed by atoms with Crippen LogP contribution in [0.5, 0.6) is 0 Å². The number of ether oxygens (including phenoxy) is 1. The molecule has 1 saturated heterocycles. The molecule has 116 valence electrons. The van der Waals surface area contributed by atoms with Crippen LogP contribution in [0.15, 0.2) is 30.3 Å². The zero-order valence-electron chi connectivity index (χ0n) is 13.0. The Labute approximate surface area is 127 Å². The number of rotatable bonds is 6. The summed E-state index contributed by atoms with van der Waals surface area (Å²) in [5, 5.41) is 3.08. The van der Waals surface area contributed by atoms with E-state index < -0.39 is 0 Å². The molecule has 1 heterocycles. The molecule has 1 fully saturated rings. The van der Waals surface area contributed by atoms with Gasteiger partial charge in [-0.1, -0.05) is 30.3 Å². The Balaban J connectivity index is 1.76. The number of likely N-dealkylation sites (tertiary alicyclic amines) is 1. The van der Waals surface area contributed by atoms with Gasteiger partial charge in [-0.15, -0.1) is 0 Å². The number of nitrogens with one attached hydrogen (secondary N) is 1. The van der Waals surface area contributed by atoms with Crippen LogP contribution in [-0.4, -0.2) is 42.6 Å². The molecule has 1 atom stereocenters. The van der Waals surface area contributed by atoms with E-state index in [1.54, 1.807) is 0 Å². The summed E-state index contributed by atoms with van der Waals surface area (Å²) < 4.78 is 5.34. The van der Waals surface area contributed by atoms with Crippen LogP contribution in [0, 0.1) is 0 Å². The zero-order valence-corrected chi connectivity index (χ0v) is 13.0. The van der Waals surface area contributed by atoms with Gasteiger partial charge < -0.3 is 10.1 Å². The molecule has 21 heavy (non-hydrogen) atoms. The highest BCUT2D eigenvalue weighted by molar-refractivity contribution is 5.77. The lowest BCUT2D eigenvalue weighted by molar-refractivity contribution is -0.128. The normalized spacial score (nSPS) is 19.7. The van der Waals surface area contributed by atoms with Crippen LogP contribution in [-0.2, 0) is 16.1 Å². The first kappa shape index (κ1) is 16.0. The Kier molecular flexibility index (Phi) is 6.21. The highest BCUT2D eigenvalue weighted by Crippen LogP contribution is 2.13. The van der Waals surface area contributed by atoms with Crippen molar-refractivity contribution in [2.75, 3.05) is 19.7 Å². The van der Waals surface area contributed by atoms with Gasteiger partial charge in [-0.2, -0.15) is 0 Å². The van der Waals surface area contributed by atoms with Crippen molar-refractivity contribution in [3.8, 4) is 0 Å². The summed E-state index contributed by atoms with van der Waals surface area (Å²) >= 11 is 0. The lowest BCUT2D eigenvalue weighted by Crippen LogP contribution is -2.48. The van der Waals surface area contributed by atoms with Crippen molar-refractivity contribution in [2.45, 2.75) is 45.4 Å². The minimum atomic E-state index is -0.00439. The van der Waals surface area contributed by atoms with Gasteiger partial charge >= 0.3 is 0 Å². The Hall–Kier alpha value is -1.39. The van der Waals surface area contributed by atoms with Crippen LogP contribution in [0.4, 0.5) is 0 Å². The van der Waals surface area contributed by atoms with Gasteiger partial charge in [-0.05, 0) is 38.8 Å². The fourth-order valence-corrected chi connectivity index (χ4v) is 2.67. The molecule has 0 spiro atoms. The van der Waals surface area contributed by atoms with E-state index in [-0.39, 0.29) is 24.7 Å². The number of hydrogen-bond acceptors (Lipinski definition) is 3. The van der Waals surface area contributed by atoms with Crippen LogP contribution < -0.4 is 5.32 Å². The van der Waals surface area contributed by atoms with E-state index in [2.05, 4.69) is 34.5 Å². The van der Waals surface area contributed by atoms with Crippen molar-refractivity contribution < 1.29 is 9.53 Å². The van der Waals surface area contributed by atoms with Crippen molar-refractivity contribution in [3.05, 3.63) is 35.9 Å². The van der Waals surface area contributed by atoms with E-state index in [0.717, 1.165) is 32.5 Å². The van der Waals surface area contributed by atoms with E-state index >= 15 is 0 Å². The second-order valence-electron chi connectivity index (χ2n) is 5.99. The fourth-order valence-electron chi connectivity index (χ4n) is 2.67. The Morgan fingerprint density at radius 1 is 1.38 bits per heavy atom. The molecule has 1 amide bonds. The van der Waals surface area contributed by atoms with Crippen molar-refractivity contribution in [3.63, 3.8) is 0 Å². The largest absolute Gasteiger partial charge is 0.369 e. The van der Waals surface area contributed by atoms with Gasteiger partial charge in [0.1, 0.15) is 6.61 Å². The summed E-state index contributed by atoms with van der Waals surface area (Å²) in [6.07, 6.45) is 2.28. The average Bonchev–Trinajstić information content (AvgIpc) is 2.46. The summed E-state index contributed by atoms with van der Waals surface area (Å²) in [6, 6.07) is 10.7. The first-order valence-electron chi connectivity index (χ1n) is 7.80. The first-order valence-corrected chi connectivity index (χ1v) is 7.80. The summed E-state index contributed by atoms with van der Waals surface area (Å²) in [7, 11) is 0. The summed E-state index contributed by atoms with van der Waals surface area (Å²) in [5.74, 6) is -0.00439. The van der Waals surface area contributed by atoms with Gasteiger partial charge in [0.2, 0.25) is 5.91 Å². The lowest BCUT2D eigenvalue weighted by Gasteiger charge is -2.33.